The van der Waals surface area contributed by atoms with Crippen molar-refractivity contribution in [1.82, 2.24) is 9.97 Å². The van der Waals surface area contributed by atoms with Crippen LogP contribution in [0, 0.1) is 11.6 Å². The molecule has 0 amide bonds. The van der Waals surface area contributed by atoms with Crippen molar-refractivity contribution in [1.29, 1.82) is 0 Å². The number of rotatable bonds is 5. The summed E-state index contributed by atoms with van der Waals surface area (Å²) in [5.74, 6) is -0.442. The number of anilines is 3. The number of benzene rings is 1. The van der Waals surface area contributed by atoms with Gasteiger partial charge in [0.1, 0.15) is 5.82 Å². The molecule has 1 N–H and O–H groups in total. The molecule has 0 saturated heterocycles. The van der Waals surface area contributed by atoms with Crippen LogP contribution in [-0.2, 0) is 0 Å². The first-order valence-electron chi connectivity index (χ1n) is 6.45. The van der Waals surface area contributed by atoms with E-state index < -0.39 is 5.82 Å². The fourth-order valence-corrected chi connectivity index (χ4v) is 1.89. The Morgan fingerprint density at radius 1 is 1.25 bits per heavy atom. The number of aromatic nitrogens is 2. The molecule has 20 heavy (non-hydrogen) atoms. The van der Waals surface area contributed by atoms with Crippen molar-refractivity contribution in [2.75, 3.05) is 23.3 Å². The average molecular weight is 278 g/mol. The van der Waals surface area contributed by atoms with Crippen LogP contribution in [0.4, 0.5) is 26.2 Å². The Morgan fingerprint density at radius 3 is 2.70 bits per heavy atom. The van der Waals surface area contributed by atoms with Gasteiger partial charge < -0.3 is 10.2 Å². The van der Waals surface area contributed by atoms with E-state index in [9.17, 15) is 8.78 Å². The van der Waals surface area contributed by atoms with Crippen LogP contribution in [0.2, 0.25) is 0 Å². The molecule has 0 bridgehead atoms. The molecule has 1 aromatic carbocycles. The van der Waals surface area contributed by atoms with Crippen molar-refractivity contribution in [3.63, 3.8) is 0 Å². The SMILES string of the molecule is CCNc1ncc(F)c(N(CC)c2cccc(F)c2)n1. The van der Waals surface area contributed by atoms with Crippen molar-refractivity contribution in [3.8, 4) is 0 Å². The molecule has 0 aliphatic carbocycles. The van der Waals surface area contributed by atoms with Gasteiger partial charge in [-0.25, -0.2) is 13.8 Å². The summed E-state index contributed by atoms with van der Waals surface area (Å²) < 4.78 is 27.3. The minimum absolute atomic E-state index is 0.129. The van der Waals surface area contributed by atoms with E-state index in [4.69, 9.17) is 0 Å². The highest BCUT2D eigenvalue weighted by Gasteiger charge is 2.15. The third kappa shape index (κ3) is 3.01. The topological polar surface area (TPSA) is 41.1 Å². The molecule has 0 spiro atoms. The molecule has 2 rings (SSSR count). The lowest BCUT2D eigenvalue weighted by molar-refractivity contribution is 0.610. The van der Waals surface area contributed by atoms with E-state index in [-0.39, 0.29) is 11.6 Å². The Balaban J connectivity index is 2.43. The van der Waals surface area contributed by atoms with Gasteiger partial charge in [0, 0.05) is 18.8 Å². The fraction of sp³-hybridized carbons (Fsp3) is 0.286. The van der Waals surface area contributed by atoms with E-state index in [1.54, 1.807) is 17.0 Å². The minimum atomic E-state index is -0.544. The van der Waals surface area contributed by atoms with Gasteiger partial charge in [-0.05, 0) is 32.0 Å². The van der Waals surface area contributed by atoms with Gasteiger partial charge in [-0.15, -0.1) is 0 Å². The van der Waals surface area contributed by atoms with E-state index in [0.29, 0.717) is 24.7 Å². The van der Waals surface area contributed by atoms with Crippen LogP contribution in [0.1, 0.15) is 13.8 Å². The highest BCUT2D eigenvalue weighted by Crippen LogP contribution is 2.26. The molecule has 4 nitrogen and oxygen atoms in total. The summed E-state index contributed by atoms with van der Waals surface area (Å²) in [5, 5.41) is 2.93. The number of nitrogens with zero attached hydrogens (tertiary/aromatic N) is 3. The Kier molecular flexibility index (Phi) is 4.45. The first-order valence-corrected chi connectivity index (χ1v) is 6.45. The molecule has 2 aromatic rings. The van der Waals surface area contributed by atoms with Crippen molar-refractivity contribution < 1.29 is 8.78 Å². The van der Waals surface area contributed by atoms with Crippen LogP contribution in [0.25, 0.3) is 0 Å². The smallest absolute Gasteiger partial charge is 0.224 e. The first-order chi connectivity index (χ1) is 9.65. The van der Waals surface area contributed by atoms with Crippen molar-refractivity contribution in [2.24, 2.45) is 0 Å². The summed E-state index contributed by atoms with van der Waals surface area (Å²) in [6.45, 7) is 4.84. The zero-order valence-corrected chi connectivity index (χ0v) is 11.4. The third-order valence-corrected chi connectivity index (χ3v) is 2.75. The Morgan fingerprint density at radius 2 is 2.05 bits per heavy atom. The monoisotopic (exact) mass is 278 g/mol. The maximum atomic E-state index is 13.9. The average Bonchev–Trinajstić information content (AvgIpc) is 2.43. The molecule has 0 aliphatic rings. The maximum absolute atomic E-state index is 13.9. The quantitative estimate of drug-likeness (QED) is 0.910. The lowest BCUT2D eigenvalue weighted by Gasteiger charge is -2.22. The molecule has 6 heteroatoms. The van der Waals surface area contributed by atoms with Crippen molar-refractivity contribution >= 4 is 17.5 Å². The standard InChI is InChI=1S/C14H16F2N4/c1-3-17-14-18-9-12(16)13(19-14)20(4-2)11-7-5-6-10(15)8-11/h5-9H,3-4H2,1-2H3,(H,17,18,19). The summed E-state index contributed by atoms with van der Waals surface area (Å²) in [6.07, 6.45) is 1.11. The lowest BCUT2D eigenvalue weighted by Crippen LogP contribution is -2.20. The van der Waals surface area contributed by atoms with E-state index in [1.807, 2.05) is 13.8 Å². The summed E-state index contributed by atoms with van der Waals surface area (Å²) in [4.78, 5) is 9.60. The van der Waals surface area contributed by atoms with Crippen LogP contribution in [0.15, 0.2) is 30.5 Å². The summed E-state index contributed by atoms with van der Waals surface area (Å²) in [7, 11) is 0. The van der Waals surface area contributed by atoms with Crippen LogP contribution in [0.3, 0.4) is 0 Å². The van der Waals surface area contributed by atoms with Crippen LogP contribution >= 0.6 is 0 Å². The second-order valence-electron chi connectivity index (χ2n) is 4.12. The molecule has 1 aromatic heterocycles. The zero-order chi connectivity index (χ0) is 14.5. The first kappa shape index (κ1) is 14.2. The van der Waals surface area contributed by atoms with Gasteiger partial charge in [-0.1, -0.05) is 6.07 Å². The molecule has 1 heterocycles. The maximum Gasteiger partial charge on any atom is 0.224 e. The molecular weight excluding hydrogens is 262 g/mol. The van der Waals surface area contributed by atoms with E-state index in [2.05, 4.69) is 15.3 Å². The predicted octanol–water partition coefficient (Wildman–Crippen LogP) is 3.34. The number of hydrogen-bond donors (Lipinski definition) is 1. The number of nitrogens with one attached hydrogen (secondary N) is 1. The van der Waals surface area contributed by atoms with Gasteiger partial charge in [0.25, 0.3) is 0 Å². The number of halogens is 2. The predicted molar refractivity (Wildman–Crippen MR) is 75.2 cm³/mol. The molecule has 0 radical (unpaired) electrons. The van der Waals surface area contributed by atoms with Gasteiger partial charge in [0.15, 0.2) is 11.6 Å². The van der Waals surface area contributed by atoms with E-state index in [1.165, 1.54) is 12.1 Å². The normalized spacial score (nSPS) is 10.4. The molecule has 0 unspecified atom stereocenters. The molecule has 0 saturated carbocycles. The van der Waals surface area contributed by atoms with Crippen molar-refractivity contribution in [3.05, 3.63) is 42.1 Å². The van der Waals surface area contributed by atoms with Gasteiger partial charge in [0.2, 0.25) is 5.95 Å². The van der Waals surface area contributed by atoms with Gasteiger partial charge in [-0.2, -0.15) is 4.98 Å². The fourth-order valence-electron chi connectivity index (χ4n) is 1.89. The number of hydrogen-bond acceptors (Lipinski definition) is 4. The molecule has 0 atom stereocenters. The highest BCUT2D eigenvalue weighted by molar-refractivity contribution is 5.61. The van der Waals surface area contributed by atoms with Gasteiger partial charge in [-0.3, -0.25) is 0 Å². The van der Waals surface area contributed by atoms with Crippen molar-refractivity contribution in [2.45, 2.75) is 13.8 Å². The van der Waals surface area contributed by atoms with E-state index >= 15 is 0 Å². The molecule has 106 valence electrons. The zero-order valence-electron chi connectivity index (χ0n) is 11.4. The second-order valence-corrected chi connectivity index (χ2v) is 4.12. The minimum Gasteiger partial charge on any atom is -0.354 e. The van der Waals surface area contributed by atoms with Crippen LogP contribution in [0.5, 0.6) is 0 Å². The van der Waals surface area contributed by atoms with Gasteiger partial charge >= 0.3 is 0 Å². The molecule has 0 aliphatic heterocycles. The van der Waals surface area contributed by atoms with Crippen LogP contribution in [-0.4, -0.2) is 23.1 Å². The van der Waals surface area contributed by atoms with Crippen LogP contribution < -0.4 is 10.2 Å². The Labute approximate surface area is 116 Å². The lowest BCUT2D eigenvalue weighted by atomic mass is 10.2. The second kappa shape index (κ2) is 6.27. The summed E-state index contributed by atoms with van der Waals surface area (Å²) in [6, 6.07) is 5.98. The molecule has 0 fully saturated rings. The van der Waals surface area contributed by atoms with E-state index in [0.717, 1.165) is 6.20 Å². The molecular formula is C14H16F2N4. The Hall–Kier alpha value is -2.24. The summed E-state index contributed by atoms with van der Waals surface area (Å²) in [5.41, 5.74) is 0.549. The third-order valence-electron chi connectivity index (χ3n) is 2.75. The Bertz CT molecular complexity index is 589. The largest absolute Gasteiger partial charge is 0.354 e. The highest BCUT2D eigenvalue weighted by atomic mass is 19.1. The van der Waals surface area contributed by atoms with Gasteiger partial charge in [0.05, 0.1) is 6.20 Å². The summed E-state index contributed by atoms with van der Waals surface area (Å²) >= 11 is 0.